The van der Waals surface area contributed by atoms with Crippen molar-refractivity contribution in [3.63, 3.8) is 0 Å². The molecule has 0 radical (unpaired) electrons. The molecule has 5 nitrogen and oxygen atoms in total. The molecule has 7 heteroatoms. The Balaban J connectivity index is 1.65. The zero-order valence-corrected chi connectivity index (χ0v) is 14.0. The minimum absolute atomic E-state index is 0.00732. The standard InChI is InChI=1S/C20H15F2N3O2/c21-20(22)27-17-9-5-4-6-14(17)10-11-18(26)25-16-12-23-19(24-13-16)15-7-2-1-3-8-15/h1-13,20H,(H,25,26)/b11-10+. The first-order valence-corrected chi connectivity index (χ1v) is 8.02. The lowest BCUT2D eigenvalue weighted by Gasteiger charge is -2.07. The van der Waals surface area contributed by atoms with Crippen molar-refractivity contribution >= 4 is 17.7 Å². The molecular weight excluding hydrogens is 352 g/mol. The van der Waals surface area contributed by atoms with Gasteiger partial charge >= 0.3 is 6.61 Å². The summed E-state index contributed by atoms with van der Waals surface area (Å²) in [6.07, 6.45) is 5.61. The minimum Gasteiger partial charge on any atom is -0.434 e. The smallest absolute Gasteiger partial charge is 0.387 e. The molecular formula is C20H15F2N3O2. The van der Waals surface area contributed by atoms with E-state index >= 15 is 0 Å². The van der Waals surface area contributed by atoms with Crippen molar-refractivity contribution in [2.24, 2.45) is 0 Å². The molecule has 0 bridgehead atoms. The van der Waals surface area contributed by atoms with Crippen LogP contribution < -0.4 is 10.1 Å². The summed E-state index contributed by atoms with van der Waals surface area (Å²) in [5.41, 5.74) is 1.65. The number of carbonyl (C=O) groups excluding carboxylic acids is 1. The van der Waals surface area contributed by atoms with Crippen LogP contribution in [0.3, 0.4) is 0 Å². The van der Waals surface area contributed by atoms with Crippen LogP contribution >= 0.6 is 0 Å². The van der Waals surface area contributed by atoms with E-state index in [4.69, 9.17) is 0 Å². The predicted molar refractivity (Wildman–Crippen MR) is 98.2 cm³/mol. The third-order valence-corrected chi connectivity index (χ3v) is 3.50. The van der Waals surface area contributed by atoms with Crippen molar-refractivity contribution in [2.45, 2.75) is 6.61 Å². The van der Waals surface area contributed by atoms with Gasteiger partial charge in [-0.05, 0) is 12.1 Å². The Morgan fingerprint density at radius 2 is 1.67 bits per heavy atom. The van der Waals surface area contributed by atoms with Crippen molar-refractivity contribution < 1.29 is 18.3 Å². The highest BCUT2D eigenvalue weighted by atomic mass is 19.3. The highest BCUT2D eigenvalue weighted by Gasteiger charge is 2.08. The fourth-order valence-corrected chi connectivity index (χ4v) is 2.30. The lowest BCUT2D eigenvalue weighted by Crippen LogP contribution is -2.08. The second-order valence-electron chi connectivity index (χ2n) is 5.40. The summed E-state index contributed by atoms with van der Waals surface area (Å²) in [5.74, 6) is 0.0900. The molecule has 1 aromatic heterocycles. The summed E-state index contributed by atoms with van der Waals surface area (Å²) in [6, 6.07) is 15.6. The van der Waals surface area contributed by atoms with Crippen molar-refractivity contribution in [3.05, 3.63) is 78.6 Å². The molecule has 136 valence electrons. The van der Waals surface area contributed by atoms with Gasteiger partial charge in [0, 0.05) is 17.2 Å². The van der Waals surface area contributed by atoms with E-state index in [1.165, 1.54) is 30.6 Å². The molecule has 0 saturated carbocycles. The van der Waals surface area contributed by atoms with Gasteiger partial charge in [0.05, 0.1) is 18.1 Å². The number of halogens is 2. The van der Waals surface area contributed by atoms with E-state index in [0.29, 0.717) is 17.1 Å². The van der Waals surface area contributed by atoms with Crippen LogP contribution in [0.1, 0.15) is 5.56 Å². The van der Waals surface area contributed by atoms with Gasteiger partial charge in [0.15, 0.2) is 5.82 Å². The number of ether oxygens (including phenoxy) is 1. The summed E-state index contributed by atoms with van der Waals surface area (Å²) in [4.78, 5) is 20.5. The molecule has 0 unspecified atom stereocenters. The van der Waals surface area contributed by atoms with Gasteiger partial charge in [-0.2, -0.15) is 8.78 Å². The lowest BCUT2D eigenvalue weighted by molar-refractivity contribution is -0.111. The Kier molecular flexibility index (Phi) is 5.84. The summed E-state index contributed by atoms with van der Waals surface area (Å²) in [5, 5.41) is 2.61. The first-order chi connectivity index (χ1) is 13.1. The Labute approximate surface area is 154 Å². The van der Waals surface area contributed by atoms with Gasteiger partial charge in [-0.3, -0.25) is 4.79 Å². The fraction of sp³-hybridized carbons (Fsp3) is 0.0500. The Bertz CT molecular complexity index is 929. The largest absolute Gasteiger partial charge is 0.434 e. The first kappa shape index (κ1) is 18.2. The average molecular weight is 367 g/mol. The van der Waals surface area contributed by atoms with Crippen LogP contribution in [0.2, 0.25) is 0 Å². The molecule has 2 aromatic carbocycles. The van der Waals surface area contributed by atoms with E-state index in [-0.39, 0.29) is 5.75 Å². The molecule has 0 spiro atoms. The molecule has 27 heavy (non-hydrogen) atoms. The van der Waals surface area contributed by atoms with Gasteiger partial charge < -0.3 is 10.1 Å². The maximum Gasteiger partial charge on any atom is 0.387 e. The fourth-order valence-electron chi connectivity index (χ4n) is 2.30. The molecule has 0 aliphatic carbocycles. The van der Waals surface area contributed by atoms with Crippen LogP contribution in [0.15, 0.2) is 73.1 Å². The molecule has 1 amide bonds. The third-order valence-electron chi connectivity index (χ3n) is 3.50. The van der Waals surface area contributed by atoms with E-state index in [9.17, 15) is 13.6 Å². The number of anilines is 1. The highest BCUT2D eigenvalue weighted by Crippen LogP contribution is 2.21. The summed E-state index contributed by atoms with van der Waals surface area (Å²) in [6.45, 7) is -2.94. The number of nitrogens with one attached hydrogen (secondary N) is 1. The predicted octanol–water partition coefficient (Wildman–Crippen LogP) is 4.40. The van der Waals surface area contributed by atoms with E-state index in [1.54, 1.807) is 18.2 Å². The second kappa shape index (κ2) is 8.66. The second-order valence-corrected chi connectivity index (χ2v) is 5.40. The number of carbonyl (C=O) groups is 1. The molecule has 3 rings (SSSR count). The molecule has 1 heterocycles. The molecule has 1 N–H and O–H groups in total. The Morgan fingerprint density at radius 1 is 1.00 bits per heavy atom. The number of hydrogen-bond donors (Lipinski definition) is 1. The SMILES string of the molecule is O=C(/C=C/c1ccccc1OC(F)F)Nc1cnc(-c2ccccc2)nc1. The number of para-hydroxylation sites is 1. The van der Waals surface area contributed by atoms with Gasteiger partial charge in [0.2, 0.25) is 5.91 Å². The highest BCUT2D eigenvalue weighted by molar-refractivity contribution is 6.01. The Hall–Kier alpha value is -3.61. The maximum absolute atomic E-state index is 12.4. The topological polar surface area (TPSA) is 64.1 Å². The summed E-state index contributed by atoms with van der Waals surface area (Å²) < 4.78 is 29.2. The Morgan fingerprint density at radius 3 is 2.37 bits per heavy atom. The zero-order valence-electron chi connectivity index (χ0n) is 14.0. The van der Waals surface area contributed by atoms with Gasteiger partial charge in [0.25, 0.3) is 0 Å². The van der Waals surface area contributed by atoms with E-state index in [1.807, 2.05) is 30.3 Å². The molecule has 0 fully saturated rings. The molecule has 3 aromatic rings. The van der Waals surface area contributed by atoms with Gasteiger partial charge in [-0.1, -0.05) is 48.5 Å². The summed E-state index contributed by atoms with van der Waals surface area (Å²) in [7, 11) is 0. The molecule has 0 aliphatic rings. The van der Waals surface area contributed by atoms with E-state index in [2.05, 4.69) is 20.0 Å². The van der Waals surface area contributed by atoms with E-state index in [0.717, 1.165) is 5.56 Å². The van der Waals surface area contributed by atoms with Crippen molar-refractivity contribution in [3.8, 4) is 17.1 Å². The summed E-state index contributed by atoms with van der Waals surface area (Å²) >= 11 is 0. The van der Waals surface area contributed by atoms with Crippen LogP contribution in [0, 0.1) is 0 Å². The quantitative estimate of drug-likeness (QED) is 0.656. The van der Waals surface area contributed by atoms with Gasteiger partial charge in [-0.25, -0.2) is 9.97 Å². The van der Waals surface area contributed by atoms with Crippen LogP contribution in [-0.4, -0.2) is 22.5 Å². The molecule has 0 aliphatic heterocycles. The van der Waals surface area contributed by atoms with Crippen molar-refractivity contribution in [2.75, 3.05) is 5.32 Å². The number of benzene rings is 2. The third kappa shape index (κ3) is 5.18. The monoisotopic (exact) mass is 367 g/mol. The van der Waals surface area contributed by atoms with Gasteiger partial charge in [0.1, 0.15) is 5.75 Å². The number of rotatable bonds is 6. The van der Waals surface area contributed by atoms with Gasteiger partial charge in [-0.15, -0.1) is 0 Å². The number of aromatic nitrogens is 2. The van der Waals surface area contributed by atoms with Crippen molar-refractivity contribution in [1.82, 2.24) is 9.97 Å². The van der Waals surface area contributed by atoms with Crippen LogP contribution in [-0.2, 0) is 4.79 Å². The van der Waals surface area contributed by atoms with Crippen molar-refractivity contribution in [1.29, 1.82) is 0 Å². The zero-order chi connectivity index (χ0) is 19.1. The minimum atomic E-state index is -2.94. The number of amides is 1. The number of hydrogen-bond acceptors (Lipinski definition) is 4. The number of nitrogens with zero attached hydrogens (tertiary/aromatic N) is 2. The molecule has 0 saturated heterocycles. The van der Waals surface area contributed by atoms with Crippen LogP contribution in [0.25, 0.3) is 17.5 Å². The average Bonchev–Trinajstić information content (AvgIpc) is 2.68. The number of alkyl halides is 2. The maximum atomic E-state index is 12.4. The lowest BCUT2D eigenvalue weighted by atomic mass is 10.2. The van der Waals surface area contributed by atoms with Crippen LogP contribution in [0.5, 0.6) is 5.75 Å². The van der Waals surface area contributed by atoms with Crippen LogP contribution in [0.4, 0.5) is 14.5 Å². The normalized spacial score (nSPS) is 10.9. The first-order valence-electron chi connectivity index (χ1n) is 8.02. The van der Waals surface area contributed by atoms with E-state index < -0.39 is 12.5 Å². The molecule has 0 atom stereocenters.